The van der Waals surface area contributed by atoms with E-state index >= 15 is 8.78 Å². The summed E-state index contributed by atoms with van der Waals surface area (Å²) in [4.78, 5) is 0. The molecule has 0 N–H and O–H groups in total. The van der Waals surface area contributed by atoms with Crippen LogP contribution >= 0.6 is 0 Å². The van der Waals surface area contributed by atoms with Gasteiger partial charge < -0.3 is 4.74 Å². The molecule has 0 atom stereocenters. The Labute approximate surface area is 269 Å². The van der Waals surface area contributed by atoms with Crippen LogP contribution in [0.15, 0.2) is 66.7 Å². The molecule has 0 aromatic heterocycles. The first-order valence-corrected chi connectivity index (χ1v) is 16.0. The van der Waals surface area contributed by atoms with E-state index in [1.54, 1.807) is 12.1 Å². The lowest BCUT2D eigenvalue weighted by Crippen LogP contribution is -2.25. The van der Waals surface area contributed by atoms with Gasteiger partial charge in [-0.3, -0.25) is 0 Å². The monoisotopic (exact) mass is 660 g/mol. The van der Waals surface area contributed by atoms with Crippen LogP contribution in [0, 0.1) is 40.8 Å². The molecule has 1 saturated carbocycles. The normalized spacial score (nSPS) is 16.8. The maximum atomic E-state index is 15.1. The molecule has 0 amide bonds. The predicted molar refractivity (Wildman–Crippen MR) is 166 cm³/mol. The van der Waals surface area contributed by atoms with Crippen LogP contribution in [0.2, 0.25) is 0 Å². The lowest BCUT2D eigenvalue weighted by Gasteiger charge is -2.29. The van der Waals surface area contributed by atoms with E-state index in [0.29, 0.717) is 29.7 Å². The van der Waals surface area contributed by atoms with E-state index < -0.39 is 59.6 Å². The second-order valence-electron chi connectivity index (χ2n) is 12.4. The van der Waals surface area contributed by atoms with E-state index in [-0.39, 0.29) is 22.3 Å². The fourth-order valence-electron chi connectivity index (χ4n) is 6.42. The summed E-state index contributed by atoms with van der Waals surface area (Å²) in [5, 5.41) is 0. The van der Waals surface area contributed by atoms with Gasteiger partial charge in [0, 0.05) is 17.2 Å². The van der Waals surface area contributed by atoms with Crippen molar-refractivity contribution in [2.24, 2.45) is 5.92 Å². The molecule has 4 aromatic rings. The van der Waals surface area contributed by atoms with Gasteiger partial charge in [0.1, 0.15) is 11.6 Å². The van der Waals surface area contributed by atoms with Crippen molar-refractivity contribution in [2.45, 2.75) is 83.2 Å². The number of hydrogen-bond acceptors (Lipinski definition) is 1. The summed E-state index contributed by atoms with van der Waals surface area (Å²) in [6.07, 6.45) is 4.17. The van der Waals surface area contributed by atoms with Crippen LogP contribution in [0.25, 0.3) is 22.3 Å². The topological polar surface area (TPSA) is 9.23 Å². The van der Waals surface area contributed by atoms with Crippen molar-refractivity contribution in [3.05, 3.63) is 113 Å². The fourth-order valence-corrected chi connectivity index (χ4v) is 6.42. The Balaban J connectivity index is 1.19. The quantitative estimate of drug-likeness (QED) is 0.0835. The number of rotatable bonds is 12. The molecule has 0 spiro atoms. The summed E-state index contributed by atoms with van der Waals surface area (Å²) in [6, 6.07) is 13.7. The van der Waals surface area contributed by atoms with Gasteiger partial charge in [-0.2, -0.15) is 8.78 Å². The van der Waals surface area contributed by atoms with Crippen molar-refractivity contribution in [2.75, 3.05) is 0 Å². The molecule has 250 valence electrons. The second kappa shape index (κ2) is 14.9. The number of ether oxygens (including phenoxy) is 1. The number of hydrogen-bond donors (Lipinski definition) is 0. The highest BCUT2D eigenvalue weighted by Gasteiger charge is 2.32. The Hall–Kier alpha value is -3.88. The van der Waals surface area contributed by atoms with Gasteiger partial charge in [0.25, 0.3) is 0 Å². The number of unbranched alkanes of at least 4 members (excludes halogenated alkanes) is 2. The minimum absolute atomic E-state index is 0.0249. The fraction of sp³-hybridized carbons (Fsp3) is 0.368. The highest BCUT2D eigenvalue weighted by molar-refractivity contribution is 5.66. The zero-order chi connectivity index (χ0) is 33.7. The maximum Gasteiger partial charge on any atom is 0.398 e. The van der Waals surface area contributed by atoms with Crippen LogP contribution in [0.1, 0.15) is 81.8 Å². The SMILES string of the molecule is CCCCCC1CCC(c2ccc(-c3ccc(CCC(F)(F)Oc4ccc(-c5cc(F)c(F)c(F)c5)c(F)c4)c(F)c3F)cc2)CC1. The highest BCUT2D eigenvalue weighted by Crippen LogP contribution is 2.39. The largest absolute Gasteiger partial charge is 0.432 e. The molecule has 47 heavy (non-hydrogen) atoms. The standard InChI is InChI=1S/C38H36F8O/c1-2-3-4-5-23-6-8-24(9-7-23)25-10-12-26(13-11-25)31-16-14-27(35(42)36(31)43)18-19-38(45,46)47-29-15-17-30(32(39)22-29)28-20-33(40)37(44)34(41)21-28/h10-17,20-24H,2-9,18-19H2,1H3. The highest BCUT2D eigenvalue weighted by atomic mass is 19.3. The van der Waals surface area contributed by atoms with Gasteiger partial charge in [-0.15, -0.1) is 0 Å². The van der Waals surface area contributed by atoms with Crippen molar-refractivity contribution in [1.29, 1.82) is 0 Å². The van der Waals surface area contributed by atoms with Gasteiger partial charge in [-0.1, -0.05) is 69.0 Å². The third kappa shape index (κ3) is 8.35. The van der Waals surface area contributed by atoms with Crippen molar-refractivity contribution >= 4 is 0 Å². The molecule has 4 aromatic carbocycles. The molecule has 9 heteroatoms. The van der Waals surface area contributed by atoms with Crippen LogP contribution in [0.5, 0.6) is 5.75 Å². The number of halogens is 8. The first-order chi connectivity index (χ1) is 22.5. The molecule has 1 fully saturated rings. The van der Waals surface area contributed by atoms with Crippen molar-refractivity contribution in [1.82, 2.24) is 0 Å². The number of aryl methyl sites for hydroxylation is 1. The van der Waals surface area contributed by atoms with E-state index in [0.717, 1.165) is 30.9 Å². The molecular formula is C38H36F8O. The van der Waals surface area contributed by atoms with Crippen LogP contribution in [0.4, 0.5) is 35.1 Å². The van der Waals surface area contributed by atoms with Crippen LogP contribution < -0.4 is 4.74 Å². The third-order valence-electron chi connectivity index (χ3n) is 9.11. The Kier molecular flexibility index (Phi) is 10.9. The first kappa shape index (κ1) is 34.5. The number of benzene rings is 4. The van der Waals surface area contributed by atoms with Crippen molar-refractivity contribution in [3.63, 3.8) is 0 Å². The Morgan fingerprint density at radius 3 is 1.96 bits per heavy atom. The first-order valence-electron chi connectivity index (χ1n) is 16.0. The molecule has 0 heterocycles. The van der Waals surface area contributed by atoms with E-state index in [1.807, 2.05) is 12.1 Å². The lowest BCUT2D eigenvalue weighted by molar-refractivity contribution is -0.180. The average Bonchev–Trinajstić information content (AvgIpc) is 3.04. The molecule has 5 rings (SSSR count). The van der Waals surface area contributed by atoms with Gasteiger partial charge in [0.2, 0.25) is 0 Å². The van der Waals surface area contributed by atoms with Gasteiger partial charge >= 0.3 is 6.11 Å². The lowest BCUT2D eigenvalue weighted by atomic mass is 9.77. The van der Waals surface area contributed by atoms with E-state index in [9.17, 15) is 26.3 Å². The summed E-state index contributed by atoms with van der Waals surface area (Å²) in [6.45, 7) is 2.21. The molecule has 1 aliphatic carbocycles. The molecule has 1 nitrogen and oxygen atoms in total. The summed E-state index contributed by atoms with van der Waals surface area (Å²) in [7, 11) is 0. The van der Waals surface area contributed by atoms with Crippen LogP contribution in [0.3, 0.4) is 0 Å². The summed E-state index contributed by atoms with van der Waals surface area (Å²) in [5.74, 6) is -7.72. The van der Waals surface area contributed by atoms with E-state index in [1.165, 1.54) is 56.2 Å². The summed E-state index contributed by atoms with van der Waals surface area (Å²) >= 11 is 0. The number of alkyl halides is 2. The zero-order valence-electron chi connectivity index (χ0n) is 26.0. The van der Waals surface area contributed by atoms with Gasteiger partial charge in [0.15, 0.2) is 29.1 Å². The molecule has 0 aliphatic heterocycles. The molecule has 0 radical (unpaired) electrons. The molecule has 0 saturated heterocycles. The van der Waals surface area contributed by atoms with Gasteiger partial charge in [-0.25, -0.2) is 26.3 Å². The Morgan fingerprint density at radius 1 is 0.660 bits per heavy atom. The molecular weight excluding hydrogens is 624 g/mol. The molecule has 0 bridgehead atoms. The zero-order valence-corrected chi connectivity index (χ0v) is 26.0. The van der Waals surface area contributed by atoms with E-state index in [2.05, 4.69) is 11.7 Å². The Morgan fingerprint density at radius 2 is 1.32 bits per heavy atom. The second-order valence-corrected chi connectivity index (χ2v) is 12.4. The minimum Gasteiger partial charge on any atom is -0.432 e. The summed E-state index contributed by atoms with van der Waals surface area (Å²) in [5.41, 5.74) is 0.694. The van der Waals surface area contributed by atoms with Crippen molar-refractivity contribution in [3.8, 4) is 28.0 Å². The Bertz CT molecular complexity index is 1650. The van der Waals surface area contributed by atoms with Gasteiger partial charge in [-0.05, 0) is 90.5 Å². The average molecular weight is 661 g/mol. The molecule has 1 aliphatic rings. The van der Waals surface area contributed by atoms with Crippen LogP contribution in [-0.2, 0) is 6.42 Å². The maximum absolute atomic E-state index is 15.1. The smallest absolute Gasteiger partial charge is 0.398 e. The predicted octanol–water partition coefficient (Wildman–Crippen LogP) is 12.3. The van der Waals surface area contributed by atoms with Crippen molar-refractivity contribution < 1.29 is 39.9 Å². The van der Waals surface area contributed by atoms with Crippen LogP contribution in [-0.4, -0.2) is 6.11 Å². The molecule has 0 unspecified atom stereocenters. The minimum atomic E-state index is -3.89. The van der Waals surface area contributed by atoms with E-state index in [4.69, 9.17) is 0 Å². The third-order valence-corrected chi connectivity index (χ3v) is 9.11. The van der Waals surface area contributed by atoms with Gasteiger partial charge in [0.05, 0.1) is 6.42 Å². The summed E-state index contributed by atoms with van der Waals surface area (Å²) < 4.78 is 119.